The molecule has 0 atom stereocenters. The summed E-state index contributed by atoms with van der Waals surface area (Å²) in [6.07, 6.45) is 0. The maximum atomic E-state index is 12.3. The Hall–Kier alpha value is -2.41. The van der Waals surface area contributed by atoms with Crippen molar-refractivity contribution in [3.05, 3.63) is 39.3 Å². The highest BCUT2D eigenvalue weighted by atomic mass is 32.1. The van der Waals surface area contributed by atoms with Crippen LogP contribution in [0.1, 0.15) is 25.9 Å². The van der Waals surface area contributed by atoms with Gasteiger partial charge in [-0.1, -0.05) is 0 Å². The number of carboxylic acid groups (broad SMARTS) is 1. The van der Waals surface area contributed by atoms with Crippen molar-refractivity contribution in [3.8, 4) is 5.75 Å². The number of nitrogens with one attached hydrogen (secondary N) is 1. The van der Waals surface area contributed by atoms with E-state index in [1.54, 1.807) is 25.1 Å². The summed E-state index contributed by atoms with van der Waals surface area (Å²) < 4.78 is 5.10. The Bertz CT molecular complexity index is 724. The number of benzene rings is 1. The molecular weight excluding hydrogens is 304 g/mol. The predicted molar refractivity (Wildman–Crippen MR) is 83.9 cm³/mol. The molecule has 0 aliphatic carbocycles. The molecule has 0 fully saturated rings. The number of amides is 1. The van der Waals surface area contributed by atoms with Gasteiger partial charge in [-0.25, -0.2) is 9.78 Å². The molecule has 2 N–H and O–H groups in total. The minimum atomic E-state index is -1.04. The highest BCUT2D eigenvalue weighted by Crippen LogP contribution is 2.24. The largest absolute Gasteiger partial charge is 0.482 e. The van der Waals surface area contributed by atoms with Crippen molar-refractivity contribution in [1.29, 1.82) is 0 Å². The van der Waals surface area contributed by atoms with Crippen molar-refractivity contribution < 1.29 is 19.4 Å². The molecule has 0 aliphatic heterocycles. The molecule has 0 saturated heterocycles. The number of anilines is 1. The van der Waals surface area contributed by atoms with Gasteiger partial charge in [0.05, 0.1) is 10.7 Å². The van der Waals surface area contributed by atoms with Crippen molar-refractivity contribution >= 4 is 28.9 Å². The van der Waals surface area contributed by atoms with E-state index >= 15 is 0 Å². The third-order valence-corrected chi connectivity index (χ3v) is 3.99. The second kappa shape index (κ2) is 6.57. The van der Waals surface area contributed by atoms with Crippen LogP contribution in [0.2, 0.25) is 0 Å². The van der Waals surface area contributed by atoms with Crippen molar-refractivity contribution in [3.63, 3.8) is 0 Å². The minimum absolute atomic E-state index is 0.203. The van der Waals surface area contributed by atoms with E-state index in [2.05, 4.69) is 10.3 Å². The quantitative estimate of drug-likeness (QED) is 0.884. The number of rotatable bonds is 5. The highest BCUT2D eigenvalue weighted by Gasteiger charge is 2.15. The molecule has 7 heteroatoms. The normalized spacial score (nSPS) is 10.3. The van der Waals surface area contributed by atoms with E-state index in [1.807, 2.05) is 13.8 Å². The maximum absolute atomic E-state index is 12.3. The molecule has 0 radical (unpaired) electrons. The van der Waals surface area contributed by atoms with Gasteiger partial charge in [-0.2, -0.15) is 0 Å². The number of aryl methyl sites for hydroxylation is 3. The van der Waals surface area contributed by atoms with Crippen LogP contribution in [0.25, 0.3) is 0 Å². The first-order chi connectivity index (χ1) is 10.4. The molecular formula is C15H16N2O4S. The molecule has 0 saturated carbocycles. The average Bonchev–Trinajstić information content (AvgIpc) is 2.78. The van der Waals surface area contributed by atoms with Crippen LogP contribution in [0, 0.1) is 20.8 Å². The van der Waals surface area contributed by atoms with E-state index in [0.29, 0.717) is 22.0 Å². The van der Waals surface area contributed by atoms with E-state index in [-0.39, 0.29) is 5.91 Å². The smallest absolute Gasteiger partial charge is 0.341 e. The van der Waals surface area contributed by atoms with Crippen LogP contribution < -0.4 is 10.1 Å². The Morgan fingerprint density at radius 1 is 1.32 bits per heavy atom. The Morgan fingerprint density at radius 3 is 2.59 bits per heavy atom. The third-order valence-electron chi connectivity index (χ3n) is 2.92. The molecule has 2 rings (SSSR count). The van der Waals surface area contributed by atoms with Gasteiger partial charge in [0.2, 0.25) is 0 Å². The number of hydrogen-bond donors (Lipinski definition) is 2. The minimum Gasteiger partial charge on any atom is -0.482 e. The molecule has 22 heavy (non-hydrogen) atoms. The van der Waals surface area contributed by atoms with E-state index in [1.165, 1.54) is 11.3 Å². The Kier molecular flexibility index (Phi) is 4.77. The average molecular weight is 320 g/mol. The van der Waals surface area contributed by atoms with Gasteiger partial charge in [0.1, 0.15) is 10.6 Å². The SMILES string of the molecule is Cc1nc(C)c(C(=O)Nc2ccc(OCC(=O)O)cc2C)s1. The Labute approximate surface area is 131 Å². The summed E-state index contributed by atoms with van der Waals surface area (Å²) in [5, 5.41) is 12.3. The molecule has 1 amide bonds. The molecule has 1 heterocycles. The molecule has 0 spiro atoms. The van der Waals surface area contributed by atoms with Gasteiger partial charge >= 0.3 is 5.97 Å². The lowest BCUT2D eigenvalue weighted by atomic mass is 10.2. The molecule has 2 aromatic rings. The number of aromatic nitrogens is 1. The molecule has 0 aliphatic rings. The first-order valence-corrected chi connectivity index (χ1v) is 7.39. The fraction of sp³-hybridized carbons (Fsp3) is 0.267. The lowest BCUT2D eigenvalue weighted by Gasteiger charge is -2.10. The van der Waals surface area contributed by atoms with E-state index < -0.39 is 12.6 Å². The van der Waals surface area contributed by atoms with Crippen LogP contribution >= 0.6 is 11.3 Å². The summed E-state index contributed by atoms with van der Waals surface area (Å²) in [5.74, 6) is -0.792. The van der Waals surface area contributed by atoms with Gasteiger partial charge in [-0.05, 0) is 44.5 Å². The van der Waals surface area contributed by atoms with Crippen molar-refractivity contribution in [2.45, 2.75) is 20.8 Å². The van der Waals surface area contributed by atoms with Crippen LogP contribution in [-0.4, -0.2) is 28.6 Å². The van der Waals surface area contributed by atoms with Gasteiger partial charge in [0.25, 0.3) is 5.91 Å². The van der Waals surface area contributed by atoms with Crippen molar-refractivity contribution in [2.75, 3.05) is 11.9 Å². The number of aliphatic carboxylic acids is 1. The summed E-state index contributed by atoms with van der Waals surface area (Å²) in [7, 11) is 0. The second-order valence-corrected chi connectivity index (χ2v) is 5.96. The van der Waals surface area contributed by atoms with E-state index in [0.717, 1.165) is 10.6 Å². The van der Waals surface area contributed by atoms with Crippen LogP contribution in [-0.2, 0) is 4.79 Å². The van der Waals surface area contributed by atoms with Crippen LogP contribution in [0.3, 0.4) is 0 Å². The van der Waals surface area contributed by atoms with Crippen molar-refractivity contribution in [2.24, 2.45) is 0 Å². The zero-order valence-corrected chi connectivity index (χ0v) is 13.3. The third kappa shape index (κ3) is 3.82. The van der Waals surface area contributed by atoms with E-state index in [4.69, 9.17) is 9.84 Å². The number of carbonyl (C=O) groups is 2. The molecule has 0 unspecified atom stereocenters. The Morgan fingerprint density at radius 2 is 2.05 bits per heavy atom. The molecule has 0 bridgehead atoms. The van der Waals surface area contributed by atoms with Gasteiger partial charge in [0, 0.05) is 5.69 Å². The summed E-state index contributed by atoms with van der Waals surface area (Å²) in [6, 6.07) is 4.99. The number of hydrogen-bond acceptors (Lipinski definition) is 5. The van der Waals surface area contributed by atoms with Crippen LogP contribution in [0.15, 0.2) is 18.2 Å². The highest BCUT2D eigenvalue weighted by molar-refractivity contribution is 7.13. The number of nitrogens with zero attached hydrogens (tertiary/aromatic N) is 1. The summed E-state index contributed by atoms with van der Waals surface area (Å²) in [4.78, 5) is 27.5. The Balaban J connectivity index is 2.11. The first-order valence-electron chi connectivity index (χ1n) is 6.57. The zero-order chi connectivity index (χ0) is 16.3. The van der Waals surface area contributed by atoms with Crippen LogP contribution in [0.4, 0.5) is 5.69 Å². The fourth-order valence-electron chi connectivity index (χ4n) is 1.93. The van der Waals surface area contributed by atoms with Crippen molar-refractivity contribution in [1.82, 2.24) is 4.98 Å². The van der Waals surface area contributed by atoms with Gasteiger partial charge in [-0.3, -0.25) is 4.79 Å². The second-order valence-electron chi connectivity index (χ2n) is 4.76. The molecule has 116 valence electrons. The number of carboxylic acids is 1. The molecule has 6 nitrogen and oxygen atoms in total. The summed E-state index contributed by atoms with van der Waals surface area (Å²) in [6.45, 7) is 5.07. The van der Waals surface area contributed by atoms with Gasteiger partial charge in [0.15, 0.2) is 6.61 Å². The molecule has 1 aromatic heterocycles. The maximum Gasteiger partial charge on any atom is 0.341 e. The topological polar surface area (TPSA) is 88.5 Å². The lowest BCUT2D eigenvalue weighted by Crippen LogP contribution is -2.13. The first kappa shape index (κ1) is 16.0. The monoisotopic (exact) mass is 320 g/mol. The zero-order valence-electron chi connectivity index (χ0n) is 12.5. The van der Waals surface area contributed by atoms with E-state index in [9.17, 15) is 9.59 Å². The number of thiazole rings is 1. The fourth-order valence-corrected chi connectivity index (χ4v) is 2.75. The van der Waals surface area contributed by atoms with Gasteiger partial charge < -0.3 is 15.2 Å². The van der Waals surface area contributed by atoms with Crippen LogP contribution in [0.5, 0.6) is 5.75 Å². The standard InChI is InChI=1S/C15H16N2O4S/c1-8-6-11(21-7-13(18)19)4-5-12(8)17-15(20)14-9(2)16-10(3)22-14/h4-6H,7H2,1-3H3,(H,17,20)(H,18,19). The predicted octanol–water partition coefficient (Wildman–Crippen LogP) is 2.78. The van der Waals surface area contributed by atoms with Gasteiger partial charge in [-0.15, -0.1) is 11.3 Å². The summed E-state index contributed by atoms with van der Waals surface area (Å²) in [5.41, 5.74) is 2.15. The lowest BCUT2D eigenvalue weighted by molar-refractivity contribution is -0.139. The molecule has 1 aromatic carbocycles. The number of ether oxygens (including phenoxy) is 1. The summed E-state index contributed by atoms with van der Waals surface area (Å²) >= 11 is 1.35. The number of carbonyl (C=O) groups excluding carboxylic acids is 1.